The van der Waals surface area contributed by atoms with Gasteiger partial charge in [-0.15, -0.1) is 0 Å². The van der Waals surface area contributed by atoms with Crippen molar-refractivity contribution in [2.75, 3.05) is 25.0 Å². The predicted molar refractivity (Wildman–Crippen MR) is 67.4 cm³/mol. The summed E-state index contributed by atoms with van der Waals surface area (Å²) in [5, 5.41) is 5.49. The number of carbonyl (C=O) groups is 1. The fourth-order valence-electron chi connectivity index (χ4n) is 1.96. The largest absolute Gasteiger partial charge is 0.393 e. The number of morpholine rings is 1. The molecule has 0 saturated carbocycles. The highest BCUT2D eigenvalue weighted by atomic mass is 19.4. The van der Waals surface area contributed by atoms with Crippen molar-refractivity contribution in [2.45, 2.75) is 18.7 Å². The minimum atomic E-state index is -4.32. The lowest BCUT2D eigenvalue weighted by molar-refractivity contribution is -0.129. The molecule has 0 bridgehead atoms. The topological polar surface area (TPSA) is 50.4 Å². The highest BCUT2D eigenvalue weighted by Crippen LogP contribution is 2.26. The van der Waals surface area contributed by atoms with Crippen LogP contribution >= 0.6 is 0 Å². The first-order chi connectivity index (χ1) is 9.46. The number of carbonyl (C=O) groups excluding carboxylic acids is 1. The van der Waals surface area contributed by atoms with Crippen molar-refractivity contribution in [3.05, 3.63) is 29.8 Å². The number of rotatable bonds is 3. The van der Waals surface area contributed by atoms with E-state index in [1.165, 1.54) is 18.2 Å². The fraction of sp³-hybridized carbons (Fsp3) is 0.462. The van der Waals surface area contributed by atoms with E-state index in [-0.39, 0.29) is 11.3 Å². The van der Waals surface area contributed by atoms with Gasteiger partial charge in [0.15, 0.2) is 0 Å². The summed E-state index contributed by atoms with van der Waals surface area (Å²) < 4.78 is 42.7. The number of hydrogen-bond acceptors (Lipinski definition) is 3. The molecule has 4 nitrogen and oxygen atoms in total. The van der Waals surface area contributed by atoms with Crippen LogP contribution in [0, 0.1) is 0 Å². The number of anilines is 1. The minimum absolute atomic E-state index is 0.0390. The first-order valence-electron chi connectivity index (χ1n) is 6.23. The number of para-hydroxylation sites is 1. The first-order valence-corrected chi connectivity index (χ1v) is 6.23. The molecule has 0 spiro atoms. The van der Waals surface area contributed by atoms with Crippen LogP contribution in [-0.4, -0.2) is 37.9 Å². The predicted octanol–water partition coefficient (Wildman–Crippen LogP) is 1.72. The van der Waals surface area contributed by atoms with Crippen LogP contribution in [0.1, 0.15) is 5.56 Å². The molecule has 1 fully saturated rings. The van der Waals surface area contributed by atoms with E-state index >= 15 is 0 Å². The maximum Gasteiger partial charge on any atom is 0.393 e. The van der Waals surface area contributed by atoms with E-state index in [2.05, 4.69) is 10.6 Å². The molecule has 1 saturated heterocycles. The Balaban J connectivity index is 2.06. The Morgan fingerprint density at radius 2 is 2.15 bits per heavy atom. The summed E-state index contributed by atoms with van der Waals surface area (Å²) in [6.45, 7) is 1.42. The molecule has 7 heteroatoms. The average molecular weight is 288 g/mol. The summed E-state index contributed by atoms with van der Waals surface area (Å²) in [5.41, 5.74) is 0.209. The Kier molecular flexibility index (Phi) is 4.61. The number of hydrogen-bond donors (Lipinski definition) is 2. The van der Waals surface area contributed by atoms with Crippen molar-refractivity contribution in [3.63, 3.8) is 0 Å². The van der Waals surface area contributed by atoms with Gasteiger partial charge in [0.1, 0.15) is 6.10 Å². The van der Waals surface area contributed by atoms with Crippen LogP contribution in [0.3, 0.4) is 0 Å². The first kappa shape index (κ1) is 14.8. The number of alkyl halides is 3. The summed E-state index contributed by atoms with van der Waals surface area (Å²) in [5.74, 6) is -0.438. The van der Waals surface area contributed by atoms with Gasteiger partial charge in [-0.3, -0.25) is 4.79 Å². The van der Waals surface area contributed by atoms with Crippen LogP contribution in [0.5, 0.6) is 0 Å². The van der Waals surface area contributed by atoms with Crippen LogP contribution in [0.4, 0.5) is 18.9 Å². The summed E-state index contributed by atoms with van der Waals surface area (Å²) in [4.78, 5) is 11.9. The smallest absolute Gasteiger partial charge is 0.366 e. The summed E-state index contributed by atoms with van der Waals surface area (Å²) in [6.07, 6.45) is -6.07. The molecule has 1 aromatic rings. The zero-order valence-corrected chi connectivity index (χ0v) is 10.7. The summed E-state index contributed by atoms with van der Waals surface area (Å²) >= 11 is 0. The van der Waals surface area contributed by atoms with Gasteiger partial charge in [0.05, 0.1) is 13.0 Å². The zero-order chi connectivity index (χ0) is 14.6. The van der Waals surface area contributed by atoms with Crippen molar-refractivity contribution >= 4 is 11.6 Å². The molecular weight excluding hydrogens is 273 g/mol. The molecule has 110 valence electrons. The molecule has 1 aliphatic rings. The molecule has 1 atom stereocenters. The van der Waals surface area contributed by atoms with Crippen molar-refractivity contribution in [3.8, 4) is 0 Å². The highest BCUT2D eigenvalue weighted by molar-refractivity contribution is 5.95. The van der Waals surface area contributed by atoms with E-state index in [1.54, 1.807) is 6.07 Å². The van der Waals surface area contributed by atoms with Gasteiger partial charge in [0.25, 0.3) is 5.91 Å². The quantitative estimate of drug-likeness (QED) is 0.890. The third kappa shape index (κ3) is 4.21. The van der Waals surface area contributed by atoms with Crippen LogP contribution in [-0.2, 0) is 16.0 Å². The van der Waals surface area contributed by atoms with E-state index in [1.807, 2.05) is 0 Å². The zero-order valence-electron chi connectivity index (χ0n) is 10.7. The Morgan fingerprint density at radius 3 is 2.80 bits per heavy atom. The van der Waals surface area contributed by atoms with Gasteiger partial charge in [-0.05, 0) is 11.6 Å². The molecule has 1 amide bonds. The van der Waals surface area contributed by atoms with Gasteiger partial charge >= 0.3 is 6.18 Å². The van der Waals surface area contributed by atoms with E-state index in [4.69, 9.17) is 4.74 Å². The molecule has 0 aromatic heterocycles. The van der Waals surface area contributed by atoms with Gasteiger partial charge in [0, 0.05) is 18.8 Å². The van der Waals surface area contributed by atoms with Gasteiger partial charge < -0.3 is 15.4 Å². The molecule has 0 radical (unpaired) electrons. The van der Waals surface area contributed by atoms with Crippen molar-refractivity contribution in [2.24, 2.45) is 0 Å². The van der Waals surface area contributed by atoms with E-state index in [9.17, 15) is 18.0 Å². The second kappa shape index (κ2) is 6.23. The summed E-state index contributed by atoms with van der Waals surface area (Å²) in [6, 6.07) is 5.89. The van der Waals surface area contributed by atoms with E-state index in [0.717, 1.165) is 0 Å². The van der Waals surface area contributed by atoms with Gasteiger partial charge in [-0.2, -0.15) is 13.2 Å². The molecule has 0 aliphatic carbocycles. The number of nitrogens with one attached hydrogen (secondary N) is 2. The fourth-order valence-corrected chi connectivity index (χ4v) is 1.96. The summed E-state index contributed by atoms with van der Waals surface area (Å²) in [7, 11) is 0. The molecule has 1 unspecified atom stereocenters. The molecule has 1 aromatic carbocycles. The maximum absolute atomic E-state index is 12.5. The lowest BCUT2D eigenvalue weighted by atomic mass is 10.1. The second-order valence-electron chi connectivity index (χ2n) is 4.50. The molecule has 1 aliphatic heterocycles. The number of ether oxygens (including phenoxy) is 1. The van der Waals surface area contributed by atoms with Crippen molar-refractivity contribution in [1.82, 2.24) is 5.32 Å². The van der Waals surface area contributed by atoms with Crippen molar-refractivity contribution in [1.29, 1.82) is 0 Å². The van der Waals surface area contributed by atoms with Crippen LogP contribution in [0.15, 0.2) is 24.3 Å². The van der Waals surface area contributed by atoms with Gasteiger partial charge in [0.2, 0.25) is 0 Å². The molecule has 2 N–H and O–H groups in total. The highest BCUT2D eigenvalue weighted by Gasteiger charge is 2.29. The number of amides is 1. The Bertz CT molecular complexity index is 471. The molecule has 1 heterocycles. The maximum atomic E-state index is 12.5. The monoisotopic (exact) mass is 288 g/mol. The van der Waals surface area contributed by atoms with E-state index in [0.29, 0.717) is 19.7 Å². The molecular formula is C13H15F3N2O2. The minimum Gasteiger partial charge on any atom is -0.366 e. The van der Waals surface area contributed by atoms with E-state index < -0.39 is 24.6 Å². The number of benzene rings is 1. The van der Waals surface area contributed by atoms with Gasteiger partial charge in [-0.25, -0.2) is 0 Å². The van der Waals surface area contributed by atoms with Crippen LogP contribution in [0.25, 0.3) is 0 Å². The second-order valence-corrected chi connectivity index (χ2v) is 4.50. The lowest BCUT2D eigenvalue weighted by Crippen LogP contribution is -2.45. The lowest BCUT2D eigenvalue weighted by Gasteiger charge is -2.23. The standard InChI is InChI=1S/C13H15F3N2O2/c14-13(15,16)7-9-3-1-2-4-10(9)18-12(19)11-8-17-5-6-20-11/h1-4,11,17H,5-8H2,(H,18,19). The normalized spacial score (nSPS) is 19.6. The molecule has 2 rings (SSSR count). The Hall–Kier alpha value is -1.60. The Morgan fingerprint density at radius 1 is 1.40 bits per heavy atom. The van der Waals surface area contributed by atoms with Crippen LogP contribution in [0.2, 0.25) is 0 Å². The number of halogens is 3. The van der Waals surface area contributed by atoms with Crippen molar-refractivity contribution < 1.29 is 22.7 Å². The molecule has 20 heavy (non-hydrogen) atoms. The average Bonchev–Trinajstić information content (AvgIpc) is 2.40. The Labute approximate surface area is 114 Å². The van der Waals surface area contributed by atoms with Gasteiger partial charge in [-0.1, -0.05) is 18.2 Å². The van der Waals surface area contributed by atoms with Crippen LogP contribution < -0.4 is 10.6 Å². The SMILES string of the molecule is O=C(Nc1ccccc1CC(F)(F)F)C1CNCCO1. The third-order valence-electron chi connectivity index (χ3n) is 2.89. The third-order valence-corrected chi connectivity index (χ3v) is 2.89.